The minimum atomic E-state index is -2.84. The maximum Gasteiger partial charge on any atom is 0.352 e. The number of nitrogens with two attached hydrogens (primary N) is 1. The Bertz CT molecular complexity index is 695. The van der Waals surface area contributed by atoms with Crippen molar-refractivity contribution in [3.05, 3.63) is 32.6 Å². The zero-order chi connectivity index (χ0) is 19.2. The van der Waals surface area contributed by atoms with Crippen molar-refractivity contribution in [3.8, 4) is 0 Å². The molecular formula is C15H25N3O7. The highest BCUT2D eigenvalue weighted by Gasteiger charge is 2.45. The lowest BCUT2D eigenvalue weighted by Crippen LogP contribution is -2.47. The number of ether oxygens (including phenoxy) is 2. The van der Waals surface area contributed by atoms with Gasteiger partial charge in [-0.25, -0.2) is 4.79 Å². The van der Waals surface area contributed by atoms with Gasteiger partial charge in [0, 0.05) is 11.8 Å². The van der Waals surface area contributed by atoms with Crippen LogP contribution in [0.2, 0.25) is 0 Å². The van der Waals surface area contributed by atoms with Crippen molar-refractivity contribution < 1.29 is 24.5 Å². The van der Waals surface area contributed by atoms with Crippen LogP contribution in [-0.4, -0.2) is 44.4 Å². The lowest BCUT2D eigenvalue weighted by Gasteiger charge is -2.27. The van der Waals surface area contributed by atoms with E-state index in [9.17, 15) is 24.6 Å². The molecule has 2 atom stereocenters. The highest BCUT2D eigenvalue weighted by molar-refractivity contribution is 5.71. The van der Waals surface area contributed by atoms with Crippen molar-refractivity contribution in [3.63, 3.8) is 0 Å². The lowest BCUT2D eigenvalue weighted by molar-refractivity contribution is -0.362. The summed E-state index contributed by atoms with van der Waals surface area (Å²) in [6.45, 7) is 5.25. The highest BCUT2D eigenvalue weighted by Crippen LogP contribution is 2.32. The quantitative estimate of drug-likeness (QED) is 0.397. The van der Waals surface area contributed by atoms with Crippen LogP contribution in [0.15, 0.2) is 15.8 Å². The molecule has 1 aliphatic heterocycles. The van der Waals surface area contributed by atoms with Gasteiger partial charge in [-0.2, -0.15) is 0 Å². The van der Waals surface area contributed by atoms with E-state index in [-0.39, 0.29) is 12.8 Å². The fraction of sp³-hybridized carbons (Fsp3) is 0.667. The van der Waals surface area contributed by atoms with Gasteiger partial charge in [-0.3, -0.25) is 19.1 Å². The van der Waals surface area contributed by atoms with E-state index in [0.717, 1.165) is 4.57 Å². The van der Waals surface area contributed by atoms with Crippen LogP contribution in [0.3, 0.4) is 0 Å². The number of nitrogens with one attached hydrogen (secondary N) is 1. The number of esters is 1. The van der Waals surface area contributed by atoms with Gasteiger partial charge < -0.3 is 25.4 Å². The summed E-state index contributed by atoms with van der Waals surface area (Å²) >= 11 is 0. The van der Waals surface area contributed by atoms with Crippen LogP contribution in [0, 0.1) is 6.92 Å². The molecule has 10 heteroatoms. The maximum atomic E-state index is 11.8. The molecule has 1 aromatic rings. The minimum Gasteiger partial charge on any atom is -0.405 e. The molecule has 0 radical (unpaired) electrons. The molecule has 0 saturated carbocycles. The number of carbonyl (C=O) groups excluding carboxylic acids is 1. The Labute approximate surface area is 144 Å². The molecule has 10 nitrogen and oxygen atoms in total. The van der Waals surface area contributed by atoms with Crippen LogP contribution in [0.4, 0.5) is 0 Å². The van der Waals surface area contributed by atoms with Gasteiger partial charge in [0.25, 0.3) is 5.56 Å². The third-order valence-corrected chi connectivity index (χ3v) is 3.30. The zero-order valence-electron chi connectivity index (χ0n) is 14.5. The number of H-pyrrole nitrogens is 1. The molecule has 0 aromatic carbocycles. The topological polar surface area (TPSA) is 157 Å². The van der Waals surface area contributed by atoms with Crippen LogP contribution in [0.5, 0.6) is 0 Å². The van der Waals surface area contributed by atoms with E-state index in [2.05, 4.69) is 23.6 Å². The number of aryl methyl sites for hydroxylation is 1. The van der Waals surface area contributed by atoms with E-state index in [1.54, 1.807) is 0 Å². The first-order valence-corrected chi connectivity index (χ1v) is 8.00. The number of nitrogens with zero attached hydrogens (tertiary/aromatic N) is 1. The number of aliphatic hydroxyl groups is 2. The van der Waals surface area contributed by atoms with Crippen LogP contribution < -0.4 is 17.0 Å². The highest BCUT2D eigenvalue weighted by atomic mass is 16.8. The second kappa shape index (κ2) is 8.90. The summed E-state index contributed by atoms with van der Waals surface area (Å²) in [5, 5.41) is 19.5. The SMILES string of the molecule is CCC.Cc1cn(C2CCC(C(O)(O)OC(=O)CN)O2)c(=O)[nH]c1=O. The molecule has 142 valence electrons. The normalized spacial score (nSPS) is 19.9. The van der Waals surface area contributed by atoms with Crippen molar-refractivity contribution in [1.82, 2.24) is 9.55 Å². The Morgan fingerprint density at radius 3 is 2.60 bits per heavy atom. The maximum absolute atomic E-state index is 11.8. The molecule has 1 aliphatic rings. The first-order chi connectivity index (χ1) is 11.7. The Morgan fingerprint density at radius 2 is 2.04 bits per heavy atom. The van der Waals surface area contributed by atoms with Gasteiger partial charge in [0.05, 0.1) is 6.54 Å². The van der Waals surface area contributed by atoms with Gasteiger partial charge in [-0.15, -0.1) is 0 Å². The predicted molar refractivity (Wildman–Crippen MR) is 87.5 cm³/mol. The molecule has 25 heavy (non-hydrogen) atoms. The molecule has 0 aliphatic carbocycles. The van der Waals surface area contributed by atoms with E-state index >= 15 is 0 Å². The largest absolute Gasteiger partial charge is 0.405 e. The van der Waals surface area contributed by atoms with Gasteiger partial charge in [-0.05, 0) is 19.8 Å². The number of aromatic nitrogens is 2. The molecule has 1 saturated heterocycles. The Balaban J connectivity index is 0.000000970. The van der Waals surface area contributed by atoms with Crippen LogP contribution in [0.25, 0.3) is 0 Å². The Hall–Kier alpha value is -2.01. The van der Waals surface area contributed by atoms with Crippen LogP contribution in [0.1, 0.15) is 44.9 Å². The third kappa shape index (κ3) is 5.49. The first kappa shape index (κ1) is 21.0. The third-order valence-electron chi connectivity index (χ3n) is 3.30. The first-order valence-electron chi connectivity index (χ1n) is 8.00. The number of rotatable bonds is 4. The second-order valence-electron chi connectivity index (χ2n) is 5.68. The molecule has 0 amide bonds. The summed E-state index contributed by atoms with van der Waals surface area (Å²) in [5.41, 5.74) is 4.15. The fourth-order valence-electron chi connectivity index (χ4n) is 2.18. The number of hydrogen-bond acceptors (Lipinski definition) is 8. The summed E-state index contributed by atoms with van der Waals surface area (Å²) in [7, 11) is 0. The number of carbonyl (C=O) groups is 1. The molecule has 5 N–H and O–H groups in total. The standard InChI is InChI=1S/C12H17N3O7.C3H8/c1-6-5-15(11(18)14-10(6)17)8-3-2-7(21-8)12(19,20)22-9(16)4-13;1-3-2/h5,7-8,19-20H,2-4,13H2,1H3,(H,14,17,18);3H2,1-2H3. The molecule has 0 bridgehead atoms. The smallest absolute Gasteiger partial charge is 0.352 e. The van der Waals surface area contributed by atoms with Crippen molar-refractivity contribution >= 4 is 5.97 Å². The van der Waals surface area contributed by atoms with E-state index in [0.29, 0.717) is 5.56 Å². The van der Waals surface area contributed by atoms with Gasteiger partial charge >= 0.3 is 17.6 Å². The molecular weight excluding hydrogens is 334 g/mol. The average Bonchev–Trinajstić information content (AvgIpc) is 3.01. The minimum absolute atomic E-state index is 0.125. The molecule has 1 aromatic heterocycles. The lowest BCUT2D eigenvalue weighted by atomic mass is 10.2. The van der Waals surface area contributed by atoms with Crippen molar-refractivity contribution in [1.29, 1.82) is 0 Å². The van der Waals surface area contributed by atoms with E-state index in [1.807, 2.05) is 0 Å². The van der Waals surface area contributed by atoms with Crippen LogP contribution >= 0.6 is 0 Å². The summed E-state index contributed by atoms with van der Waals surface area (Å²) in [5.74, 6) is -3.85. The van der Waals surface area contributed by atoms with Gasteiger partial charge in [0.15, 0.2) is 6.10 Å². The van der Waals surface area contributed by atoms with Gasteiger partial charge in [0.1, 0.15) is 6.23 Å². The fourth-order valence-corrected chi connectivity index (χ4v) is 2.18. The van der Waals surface area contributed by atoms with Crippen molar-refractivity contribution in [2.45, 2.75) is 58.3 Å². The number of aromatic amines is 1. The summed E-state index contributed by atoms with van der Waals surface area (Å²) in [6.07, 6.45) is 0.894. The molecule has 1 fully saturated rings. The van der Waals surface area contributed by atoms with Crippen LogP contribution in [-0.2, 0) is 14.3 Å². The predicted octanol–water partition coefficient (Wildman–Crippen LogP) is -0.921. The molecule has 2 rings (SSSR count). The monoisotopic (exact) mass is 359 g/mol. The molecule has 0 spiro atoms. The summed E-state index contributed by atoms with van der Waals surface area (Å²) in [4.78, 5) is 36.3. The van der Waals surface area contributed by atoms with Crippen molar-refractivity contribution in [2.24, 2.45) is 5.73 Å². The summed E-state index contributed by atoms with van der Waals surface area (Å²) in [6, 6.07) is 0. The summed E-state index contributed by atoms with van der Waals surface area (Å²) < 4.78 is 10.9. The average molecular weight is 359 g/mol. The van der Waals surface area contributed by atoms with Crippen molar-refractivity contribution in [2.75, 3.05) is 6.54 Å². The number of hydrogen-bond donors (Lipinski definition) is 4. The van der Waals surface area contributed by atoms with E-state index in [4.69, 9.17) is 10.5 Å². The second-order valence-corrected chi connectivity index (χ2v) is 5.68. The Kier molecular flexibility index (Phi) is 7.49. The van der Waals surface area contributed by atoms with Gasteiger partial charge in [0.2, 0.25) is 0 Å². The molecule has 2 unspecified atom stereocenters. The Morgan fingerprint density at radius 1 is 1.44 bits per heavy atom. The molecule has 2 heterocycles. The van der Waals surface area contributed by atoms with Gasteiger partial charge in [-0.1, -0.05) is 20.3 Å². The van der Waals surface area contributed by atoms with E-state index in [1.165, 1.54) is 19.5 Å². The zero-order valence-corrected chi connectivity index (χ0v) is 14.5. The van der Waals surface area contributed by atoms with E-state index < -0.39 is 42.1 Å².